The number of aromatic nitrogens is 1. The van der Waals surface area contributed by atoms with E-state index in [4.69, 9.17) is 0 Å². The summed E-state index contributed by atoms with van der Waals surface area (Å²) in [7, 11) is 1.87. The zero-order valence-electron chi connectivity index (χ0n) is 12.5. The second-order valence-corrected chi connectivity index (χ2v) is 6.25. The van der Waals surface area contributed by atoms with E-state index in [-0.39, 0.29) is 17.7 Å². The summed E-state index contributed by atoms with van der Waals surface area (Å²) in [5.41, 5.74) is 3.17. The first-order chi connectivity index (χ1) is 9.50. The lowest BCUT2D eigenvalue weighted by atomic mass is 9.93. The van der Waals surface area contributed by atoms with Gasteiger partial charge in [-0.05, 0) is 51.0 Å². The molecule has 0 spiro atoms. The molecule has 3 rings (SSSR count). The van der Waals surface area contributed by atoms with Crippen molar-refractivity contribution in [3.63, 3.8) is 0 Å². The van der Waals surface area contributed by atoms with Gasteiger partial charge in [-0.25, -0.2) is 0 Å². The molecule has 2 aliphatic carbocycles. The summed E-state index contributed by atoms with van der Waals surface area (Å²) in [6.45, 7) is 4.00. The average Bonchev–Trinajstić information content (AvgIpc) is 3.21. The Labute approximate surface area is 119 Å². The highest BCUT2D eigenvalue weighted by molar-refractivity contribution is 6.04. The Balaban J connectivity index is 1.90. The maximum absolute atomic E-state index is 12.6. The number of carbonyl (C=O) groups excluding carboxylic acids is 2. The molecule has 20 heavy (non-hydrogen) atoms. The molecule has 1 aromatic heterocycles. The van der Waals surface area contributed by atoms with Crippen LogP contribution in [0.3, 0.4) is 0 Å². The van der Waals surface area contributed by atoms with E-state index in [2.05, 4.69) is 11.9 Å². The Kier molecular flexibility index (Phi) is 3.19. The standard InChI is InChI=1S/C16H22N2O2/c1-9-14-12(5-4-6-13(14)19)17-15(9)16(20)18(3)10(2)11-7-8-11/h10-11,17H,4-8H2,1-3H3. The highest BCUT2D eigenvalue weighted by atomic mass is 16.2. The highest BCUT2D eigenvalue weighted by Gasteiger charge is 2.34. The number of carbonyl (C=O) groups is 2. The smallest absolute Gasteiger partial charge is 0.270 e. The third-order valence-corrected chi connectivity index (χ3v) is 4.89. The molecule has 0 radical (unpaired) electrons. The number of fused-ring (bicyclic) bond motifs is 1. The lowest BCUT2D eigenvalue weighted by Crippen LogP contribution is -2.37. The number of H-pyrrole nitrogens is 1. The van der Waals surface area contributed by atoms with Gasteiger partial charge in [-0.15, -0.1) is 0 Å². The van der Waals surface area contributed by atoms with Crippen LogP contribution in [0.5, 0.6) is 0 Å². The van der Waals surface area contributed by atoms with Gasteiger partial charge in [0.05, 0.1) is 0 Å². The average molecular weight is 274 g/mol. The molecule has 1 unspecified atom stereocenters. The molecule has 0 bridgehead atoms. The molecule has 2 aliphatic rings. The van der Waals surface area contributed by atoms with Crippen molar-refractivity contribution in [1.29, 1.82) is 0 Å². The molecular formula is C16H22N2O2. The summed E-state index contributed by atoms with van der Waals surface area (Å²) in [5.74, 6) is 0.844. The molecule has 4 heteroatoms. The highest BCUT2D eigenvalue weighted by Crippen LogP contribution is 2.35. The van der Waals surface area contributed by atoms with Crippen LogP contribution in [0.1, 0.15) is 64.7 Å². The predicted molar refractivity (Wildman–Crippen MR) is 77.1 cm³/mol. The number of nitrogens with one attached hydrogen (secondary N) is 1. The molecule has 4 nitrogen and oxygen atoms in total. The van der Waals surface area contributed by atoms with E-state index < -0.39 is 0 Å². The van der Waals surface area contributed by atoms with Gasteiger partial charge in [0, 0.05) is 30.8 Å². The maximum atomic E-state index is 12.6. The Morgan fingerprint density at radius 1 is 1.35 bits per heavy atom. The zero-order valence-corrected chi connectivity index (χ0v) is 12.5. The van der Waals surface area contributed by atoms with E-state index in [9.17, 15) is 9.59 Å². The van der Waals surface area contributed by atoms with E-state index >= 15 is 0 Å². The lowest BCUT2D eigenvalue weighted by molar-refractivity contribution is 0.0721. The van der Waals surface area contributed by atoms with Gasteiger partial charge in [0.2, 0.25) is 0 Å². The first-order valence-corrected chi connectivity index (χ1v) is 7.52. The van der Waals surface area contributed by atoms with Crippen LogP contribution >= 0.6 is 0 Å². The second kappa shape index (κ2) is 4.76. The molecule has 0 aromatic carbocycles. The Morgan fingerprint density at radius 2 is 2.05 bits per heavy atom. The minimum atomic E-state index is 0.0177. The molecule has 1 N–H and O–H groups in total. The normalized spacial score (nSPS) is 19.6. The van der Waals surface area contributed by atoms with Crippen molar-refractivity contribution in [3.8, 4) is 0 Å². The monoisotopic (exact) mass is 274 g/mol. The molecule has 108 valence electrons. The van der Waals surface area contributed by atoms with Crippen LogP contribution in [0.15, 0.2) is 0 Å². The molecule has 1 atom stereocenters. The van der Waals surface area contributed by atoms with Gasteiger partial charge >= 0.3 is 0 Å². The van der Waals surface area contributed by atoms with Crippen LogP contribution in [0.4, 0.5) is 0 Å². The Hall–Kier alpha value is -1.58. The van der Waals surface area contributed by atoms with Gasteiger partial charge in [-0.1, -0.05) is 0 Å². The van der Waals surface area contributed by atoms with Gasteiger partial charge in [0.1, 0.15) is 5.69 Å². The van der Waals surface area contributed by atoms with Crippen LogP contribution in [0.2, 0.25) is 0 Å². The van der Waals surface area contributed by atoms with Crippen molar-refractivity contribution in [2.75, 3.05) is 7.05 Å². The summed E-state index contributed by atoms with van der Waals surface area (Å²) >= 11 is 0. The minimum absolute atomic E-state index is 0.0177. The Morgan fingerprint density at radius 3 is 2.65 bits per heavy atom. The lowest BCUT2D eigenvalue weighted by Gasteiger charge is -2.24. The summed E-state index contributed by atoms with van der Waals surface area (Å²) in [4.78, 5) is 29.7. The van der Waals surface area contributed by atoms with Crippen molar-refractivity contribution in [2.45, 2.75) is 52.0 Å². The van der Waals surface area contributed by atoms with Crippen molar-refractivity contribution >= 4 is 11.7 Å². The number of nitrogens with zero attached hydrogens (tertiary/aromatic N) is 1. The van der Waals surface area contributed by atoms with Crippen LogP contribution in [0, 0.1) is 12.8 Å². The van der Waals surface area contributed by atoms with E-state index in [1.807, 2.05) is 18.9 Å². The third kappa shape index (κ3) is 2.07. The molecule has 1 fully saturated rings. The van der Waals surface area contributed by atoms with Crippen LogP contribution < -0.4 is 0 Å². The maximum Gasteiger partial charge on any atom is 0.270 e. The molecule has 1 aromatic rings. The molecule has 1 amide bonds. The summed E-state index contributed by atoms with van der Waals surface area (Å²) in [6.07, 6.45) is 4.80. The van der Waals surface area contributed by atoms with Gasteiger partial charge in [-0.2, -0.15) is 0 Å². The van der Waals surface area contributed by atoms with Crippen molar-refractivity contribution in [3.05, 3.63) is 22.5 Å². The first-order valence-electron chi connectivity index (χ1n) is 7.52. The van der Waals surface area contributed by atoms with Crippen LogP contribution in [-0.2, 0) is 6.42 Å². The van der Waals surface area contributed by atoms with E-state index in [1.165, 1.54) is 12.8 Å². The largest absolute Gasteiger partial charge is 0.354 e. The number of Topliss-reactive ketones (excluding diaryl/α,β-unsaturated/α-hetero) is 1. The summed E-state index contributed by atoms with van der Waals surface area (Å²) in [5, 5.41) is 0. The fraction of sp³-hybridized carbons (Fsp3) is 0.625. The molecule has 0 aliphatic heterocycles. The summed E-state index contributed by atoms with van der Waals surface area (Å²) < 4.78 is 0. The number of aryl methyl sites for hydroxylation is 1. The first kappa shape index (κ1) is 13.4. The molecule has 1 heterocycles. The van der Waals surface area contributed by atoms with Gasteiger partial charge in [0.25, 0.3) is 5.91 Å². The topological polar surface area (TPSA) is 53.2 Å². The number of amides is 1. The van der Waals surface area contributed by atoms with Crippen molar-refractivity contribution in [1.82, 2.24) is 9.88 Å². The van der Waals surface area contributed by atoms with E-state index in [1.54, 1.807) is 0 Å². The fourth-order valence-corrected chi connectivity index (χ4v) is 3.24. The predicted octanol–water partition coefficient (Wildman–Crippen LogP) is 2.71. The summed E-state index contributed by atoms with van der Waals surface area (Å²) in [6, 6.07) is 0.276. The van der Waals surface area contributed by atoms with Crippen molar-refractivity contribution < 1.29 is 9.59 Å². The minimum Gasteiger partial charge on any atom is -0.354 e. The molecule has 0 saturated heterocycles. The Bertz CT molecular complexity index is 569. The SMILES string of the molecule is Cc1c(C(=O)N(C)C(C)C2CC2)[nH]c2c1C(=O)CCC2. The number of ketones is 1. The van der Waals surface area contributed by atoms with Gasteiger partial charge in [0.15, 0.2) is 5.78 Å². The van der Waals surface area contributed by atoms with Crippen LogP contribution in [-0.4, -0.2) is 34.7 Å². The number of rotatable bonds is 3. The van der Waals surface area contributed by atoms with Crippen molar-refractivity contribution in [2.24, 2.45) is 5.92 Å². The fourth-order valence-electron chi connectivity index (χ4n) is 3.24. The number of aromatic amines is 1. The zero-order chi connectivity index (χ0) is 14.4. The van der Waals surface area contributed by atoms with E-state index in [0.717, 1.165) is 29.7 Å². The van der Waals surface area contributed by atoms with Crippen LogP contribution in [0.25, 0.3) is 0 Å². The second-order valence-electron chi connectivity index (χ2n) is 6.25. The van der Waals surface area contributed by atoms with E-state index in [0.29, 0.717) is 18.0 Å². The number of hydrogen-bond acceptors (Lipinski definition) is 2. The number of hydrogen-bond donors (Lipinski definition) is 1. The van der Waals surface area contributed by atoms with Gasteiger partial charge < -0.3 is 9.88 Å². The quantitative estimate of drug-likeness (QED) is 0.921. The van der Waals surface area contributed by atoms with Gasteiger partial charge in [-0.3, -0.25) is 9.59 Å². The third-order valence-electron chi connectivity index (χ3n) is 4.89. The molecule has 1 saturated carbocycles. The molecular weight excluding hydrogens is 252 g/mol.